The zero-order valence-corrected chi connectivity index (χ0v) is 12.3. The van der Waals surface area contributed by atoms with Crippen molar-refractivity contribution in [2.24, 2.45) is 0 Å². The van der Waals surface area contributed by atoms with Gasteiger partial charge in [0.1, 0.15) is 0 Å². The molecule has 0 fully saturated rings. The largest absolute Gasteiger partial charge is 0.359 e. The predicted octanol–water partition coefficient (Wildman–Crippen LogP) is 3.39. The fourth-order valence-corrected chi connectivity index (χ4v) is 2.06. The van der Waals surface area contributed by atoms with Gasteiger partial charge in [-0.25, -0.2) is 0 Å². The van der Waals surface area contributed by atoms with Crippen LogP contribution in [0, 0.1) is 0 Å². The van der Waals surface area contributed by atoms with Crippen molar-refractivity contribution in [3.63, 3.8) is 0 Å². The van der Waals surface area contributed by atoms with Crippen molar-refractivity contribution >= 4 is 28.8 Å². The molecule has 0 heterocycles. The van der Waals surface area contributed by atoms with Crippen molar-refractivity contribution in [1.82, 2.24) is 5.32 Å². The number of anilines is 1. The molecule has 0 aliphatic carbocycles. The molecule has 0 spiro atoms. The monoisotopic (exact) mass is 296 g/mol. The first-order valence-electron chi connectivity index (χ1n) is 6.57. The lowest BCUT2D eigenvalue weighted by Crippen LogP contribution is -2.29. The molecule has 0 aromatic heterocycles. The summed E-state index contributed by atoms with van der Waals surface area (Å²) in [6.07, 6.45) is 1.72. The average molecular weight is 296 g/mol. The van der Waals surface area contributed by atoms with E-state index in [2.05, 4.69) is 17.2 Å². The molecule has 0 radical (unpaired) electrons. The topological polar surface area (TPSA) is 41.1 Å². The van der Waals surface area contributed by atoms with Gasteiger partial charge in [-0.3, -0.25) is 4.79 Å². The van der Waals surface area contributed by atoms with Gasteiger partial charge in [0.05, 0.1) is 5.69 Å². The lowest BCUT2D eigenvalue weighted by Gasteiger charge is -2.12. The number of benzene rings is 2. The van der Waals surface area contributed by atoms with Gasteiger partial charge in [-0.1, -0.05) is 48.5 Å². The molecule has 0 amide bonds. The zero-order chi connectivity index (χ0) is 15.1. The van der Waals surface area contributed by atoms with E-state index in [0.29, 0.717) is 28.5 Å². The molecule has 2 aromatic rings. The molecule has 4 heteroatoms. The Kier molecular flexibility index (Phi) is 5.23. The second-order valence-electron chi connectivity index (χ2n) is 4.36. The molecule has 2 N–H and O–H groups in total. The lowest BCUT2D eigenvalue weighted by molar-refractivity contribution is 0.103. The first-order valence-corrected chi connectivity index (χ1v) is 6.97. The Morgan fingerprint density at radius 2 is 1.76 bits per heavy atom. The first kappa shape index (κ1) is 14.9. The Hall–Kier alpha value is -2.46. The number of para-hydroxylation sites is 1. The van der Waals surface area contributed by atoms with Crippen LogP contribution in [0.15, 0.2) is 67.3 Å². The second-order valence-corrected chi connectivity index (χ2v) is 4.77. The van der Waals surface area contributed by atoms with E-state index in [1.807, 2.05) is 36.4 Å². The third-order valence-electron chi connectivity index (χ3n) is 2.86. The highest BCUT2D eigenvalue weighted by molar-refractivity contribution is 7.80. The number of hydrogen-bond acceptors (Lipinski definition) is 2. The van der Waals surface area contributed by atoms with Gasteiger partial charge < -0.3 is 10.6 Å². The van der Waals surface area contributed by atoms with Crippen LogP contribution in [0.5, 0.6) is 0 Å². The van der Waals surface area contributed by atoms with Gasteiger partial charge in [0.15, 0.2) is 10.9 Å². The first-order chi connectivity index (χ1) is 10.2. The molecule has 0 unspecified atom stereocenters. The summed E-state index contributed by atoms with van der Waals surface area (Å²) in [7, 11) is 0. The van der Waals surface area contributed by atoms with Crippen molar-refractivity contribution in [3.8, 4) is 0 Å². The van der Waals surface area contributed by atoms with Crippen LogP contribution in [0.4, 0.5) is 5.69 Å². The molecule has 0 atom stereocenters. The highest BCUT2D eigenvalue weighted by Gasteiger charge is 2.13. The maximum atomic E-state index is 12.5. The van der Waals surface area contributed by atoms with Crippen molar-refractivity contribution in [2.45, 2.75) is 0 Å². The van der Waals surface area contributed by atoms with Gasteiger partial charge in [0, 0.05) is 17.7 Å². The highest BCUT2D eigenvalue weighted by Crippen LogP contribution is 2.19. The van der Waals surface area contributed by atoms with Gasteiger partial charge in [-0.05, 0) is 24.4 Å². The third kappa shape index (κ3) is 4.00. The van der Waals surface area contributed by atoms with E-state index in [-0.39, 0.29) is 5.78 Å². The third-order valence-corrected chi connectivity index (χ3v) is 3.11. The predicted molar refractivity (Wildman–Crippen MR) is 90.7 cm³/mol. The SMILES string of the molecule is C=CCNC(=S)Nc1ccccc1C(=O)c1ccccc1. The van der Waals surface area contributed by atoms with E-state index in [1.54, 1.807) is 24.3 Å². The molecule has 0 aliphatic rings. The Morgan fingerprint density at radius 1 is 1.10 bits per heavy atom. The summed E-state index contributed by atoms with van der Waals surface area (Å²) in [5.41, 5.74) is 1.93. The minimum atomic E-state index is -0.0368. The number of thiocarbonyl (C=S) groups is 1. The standard InChI is InChI=1S/C17H16N2OS/c1-2-12-18-17(21)19-15-11-7-6-10-14(15)16(20)13-8-4-3-5-9-13/h2-11H,1,12H2,(H2,18,19,21). The minimum absolute atomic E-state index is 0.0368. The van der Waals surface area contributed by atoms with E-state index >= 15 is 0 Å². The molecule has 2 rings (SSSR count). The van der Waals surface area contributed by atoms with Crippen molar-refractivity contribution in [3.05, 3.63) is 78.4 Å². The molecule has 0 bridgehead atoms. The number of nitrogens with one attached hydrogen (secondary N) is 2. The Balaban J connectivity index is 2.23. The summed E-state index contributed by atoms with van der Waals surface area (Å²) in [6, 6.07) is 16.5. The Labute approximate surface area is 129 Å². The number of carbonyl (C=O) groups is 1. The molecule has 0 saturated carbocycles. The normalized spacial score (nSPS) is 9.71. The summed E-state index contributed by atoms with van der Waals surface area (Å²) in [5.74, 6) is -0.0368. The van der Waals surface area contributed by atoms with Crippen LogP contribution in [0.25, 0.3) is 0 Å². The summed E-state index contributed by atoms with van der Waals surface area (Å²) in [6.45, 7) is 4.19. The van der Waals surface area contributed by atoms with Gasteiger partial charge in [0.2, 0.25) is 0 Å². The van der Waals surface area contributed by atoms with Crippen LogP contribution in [0.3, 0.4) is 0 Å². The maximum Gasteiger partial charge on any atom is 0.195 e. The van der Waals surface area contributed by atoms with Gasteiger partial charge in [0.25, 0.3) is 0 Å². The molecular weight excluding hydrogens is 280 g/mol. The van der Waals surface area contributed by atoms with Crippen LogP contribution in [0.2, 0.25) is 0 Å². The average Bonchev–Trinajstić information content (AvgIpc) is 2.53. The van der Waals surface area contributed by atoms with Gasteiger partial charge in [-0.15, -0.1) is 6.58 Å². The quantitative estimate of drug-likeness (QED) is 0.504. The van der Waals surface area contributed by atoms with E-state index in [0.717, 1.165) is 0 Å². The van der Waals surface area contributed by atoms with Crippen LogP contribution >= 0.6 is 12.2 Å². The number of hydrogen-bond donors (Lipinski definition) is 2. The van der Waals surface area contributed by atoms with E-state index in [4.69, 9.17) is 12.2 Å². The minimum Gasteiger partial charge on any atom is -0.359 e. The van der Waals surface area contributed by atoms with Crippen molar-refractivity contribution in [1.29, 1.82) is 0 Å². The highest BCUT2D eigenvalue weighted by atomic mass is 32.1. The fourth-order valence-electron chi connectivity index (χ4n) is 1.87. The van der Waals surface area contributed by atoms with Crippen molar-refractivity contribution in [2.75, 3.05) is 11.9 Å². The van der Waals surface area contributed by atoms with Crippen molar-refractivity contribution < 1.29 is 4.79 Å². The zero-order valence-electron chi connectivity index (χ0n) is 11.5. The van der Waals surface area contributed by atoms with Gasteiger partial charge in [-0.2, -0.15) is 0 Å². The summed E-state index contributed by atoms with van der Waals surface area (Å²) < 4.78 is 0. The summed E-state index contributed by atoms with van der Waals surface area (Å²) >= 11 is 5.18. The number of carbonyl (C=O) groups excluding carboxylic acids is 1. The summed E-state index contributed by atoms with van der Waals surface area (Å²) in [4.78, 5) is 12.5. The van der Waals surface area contributed by atoms with E-state index in [9.17, 15) is 4.79 Å². The summed E-state index contributed by atoms with van der Waals surface area (Å²) in [5, 5.41) is 6.49. The smallest absolute Gasteiger partial charge is 0.195 e. The maximum absolute atomic E-state index is 12.5. The number of ketones is 1. The van der Waals surface area contributed by atoms with Crippen LogP contribution < -0.4 is 10.6 Å². The van der Waals surface area contributed by atoms with Gasteiger partial charge >= 0.3 is 0 Å². The Morgan fingerprint density at radius 3 is 2.48 bits per heavy atom. The Bertz CT molecular complexity index is 653. The molecule has 2 aromatic carbocycles. The van der Waals surface area contributed by atoms with Crippen LogP contribution in [-0.4, -0.2) is 17.4 Å². The van der Waals surface area contributed by atoms with Crippen LogP contribution in [-0.2, 0) is 0 Å². The van der Waals surface area contributed by atoms with E-state index < -0.39 is 0 Å². The fraction of sp³-hybridized carbons (Fsp3) is 0.0588. The number of rotatable bonds is 5. The molecule has 21 heavy (non-hydrogen) atoms. The molecule has 106 valence electrons. The lowest BCUT2D eigenvalue weighted by atomic mass is 10.0. The molecule has 0 aliphatic heterocycles. The van der Waals surface area contributed by atoms with E-state index in [1.165, 1.54) is 0 Å². The second kappa shape index (κ2) is 7.36. The molecular formula is C17H16N2OS. The molecule has 3 nitrogen and oxygen atoms in total. The van der Waals surface area contributed by atoms with Crippen LogP contribution in [0.1, 0.15) is 15.9 Å². The molecule has 0 saturated heterocycles.